The molecule has 19 heavy (non-hydrogen) atoms. The number of carbonyl (C=O) groups is 1. The number of hydrogen-bond acceptors (Lipinski definition) is 3. The Balaban J connectivity index is 1.77. The number of hydrogen-bond donors (Lipinski definition) is 2. The molecular weight excluding hydrogens is 245 g/mol. The highest BCUT2D eigenvalue weighted by molar-refractivity contribution is 5.97. The van der Waals surface area contributed by atoms with Gasteiger partial charge in [-0.3, -0.25) is 4.79 Å². The molecule has 0 spiro atoms. The summed E-state index contributed by atoms with van der Waals surface area (Å²) in [6, 6.07) is 10.4. The Bertz CT molecular complexity index is 612. The van der Waals surface area contributed by atoms with Crippen molar-refractivity contribution in [3.8, 4) is 0 Å². The van der Waals surface area contributed by atoms with Crippen LogP contribution >= 0.6 is 0 Å². The molecule has 2 heterocycles. The third-order valence-electron chi connectivity index (χ3n) is 3.13. The van der Waals surface area contributed by atoms with Crippen molar-refractivity contribution in [2.45, 2.75) is 5.92 Å². The standard InChI is InChI=1S/C14H12FN3O/c15-9-5-6-13(17-7-9)18-14(19)11-8-16-12-4-2-1-3-10(11)12/h1-7,11,16H,8H2,(H,17,18,19). The van der Waals surface area contributed by atoms with Crippen LogP contribution in [0.4, 0.5) is 15.9 Å². The summed E-state index contributed by atoms with van der Waals surface area (Å²) in [5.74, 6) is -0.457. The van der Waals surface area contributed by atoms with Gasteiger partial charge in [0.15, 0.2) is 0 Å². The Hall–Kier alpha value is -2.43. The molecule has 96 valence electrons. The number of benzene rings is 1. The van der Waals surface area contributed by atoms with Gasteiger partial charge in [0.25, 0.3) is 0 Å². The maximum absolute atomic E-state index is 12.7. The van der Waals surface area contributed by atoms with Crippen molar-refractivity contribution in [3.05, 3.63) is 54.0 Å². The van der Waals surface area contributed by atoms with Crippen LogP contribution in [0.2, 0.25) is 0 Å². The van der Waals surface area contributed by atoms with Crippen molar-refractivity contribution < 1.29 is 9.18 Å². The van der Waals surface area contributed by atoms with Gasteiger partial charge in [0.1, 0.15) is 11.6 Å². The second kappa shape index (κ2) is 4.68. The first kappa shape index (κ1) is 11.6. The number of rotatable bonds is 2. The van der Waals surface area contributed by atoms with Crippen LogP contribution in [0, 0.1) is 5.82 Å². The third-order valence-corrected chi connectivity index (χ3v) is 3.13. The lowest BCUT2D eigenvalue weighted by atomic mass is 10.0. The summed E-state index contributed by atoms with van der Waals surface area (Å²) in [5.41, 5.74) is 1.96. The van der Waals surface area contributed by atoms with Gasteiger partial charge >= 0.3 is 0 Å². The molecule has 1 unspecified atom stereocenters. The SMILES string of the molecule is O=C(Nc1ccc(F)cn1)C1CNc2ccccc21. The zero-order valence-electron chi connectivity index (χ0n) is 10.1. The molecular formula is C14H12FN3O. The summed E-state index contributed by atoms with van der Waals surface area (Å²) < 4.78 is 12.7. The highest BCUT2D eigenvalue weighted by Crippen LogP contribution is 2.31. The number of pyridine rings is 1. The zero-order valence-corrected chi connectivity index (χ0v) is 10.1. The van der Waals surface area contributed by atoms with E-state index in [1.54, 1.807) is 0 Å². The van der Waals surface area contributed by atoms with Crippen LogP contribution in [-0.4, -0.2) is 17.4 Å². The van der Waals surface area contributed by atoms with E-state index in [4.69, 9.17) is 0 Å². The number of nitrogens with zero attached hydrogens (tertiary/aromatic N) is 1. The van der Waals surface area contributed by atoms with E-state index in [1.165, 1.54) is 12.1 Å². The minimum absolute atomic E-state index is 0.142. The van der Waals surface area contributed by atoms with Crippen molar-refractivity contribution in [1.82, 2.24) is 4.98 Å². The minimum Gasteiger partial charge on any atom is -0.384 e. The lowest BCUT2D eigenvalue weighted by Gasteiger charge is -2.10. The van der Waals surface area contributed by atoms with Gasteiger partial charge in [-0.15, -0.1) is 0 Å². The van der Waals surface area contributed by atoms with E-state index >= 15 is 0 Å². The smallest absolute Gasteiger partial charge is 0.234 e. The molecule has 0 saturated heterocycles. The molecule has 2 N–H and O–H groups in total. The maximum atomic E-state index is 12.7. The molecule has 0 fully saturated rings. The molecule has 1 atom stereocenters. The monoisotopic (exact) mass is 257 g/mol. The summed E-state index contributed by atoms with van der Waals surface area (Å²) in [5, 5.41) is 5.88. The second-order valence-electron chi connectivity index (χ2n) is 4.37. The van der Waals surface area contributed by atoms with Gasteiger partial charge in [0, 0.05) is 12.2 Å². The van der Waals surface area contributed by atoms with Gasteiger partial charge in [0.05, 0.1) is 12.1 Å². The topological polar surface area (TPSA) is 54.0 Å². The fraction of sp³-hybridized carbons (Fsp3) is 0.143. The lowest BCUT2D eigenvalue weighted by Crippen LogP contribution is -2.23. The Morgan fingerprint density at radius 1 is 1.32 bits per heavy atom. The quantitative estimate of drug-likeness (QED) is 0.868. The molecule has 5 heteroatoms. The predicted molar refractivity (Wildman–Crippen MR) is 70.5 cm³/mol. The fourth-order valence-corrected chi connectivity index (χ4v) is 2.18. The molecule has 0 saturated carbocycles. The average molecular weight is 257 g/mol. The third kappa shape index (κ3) is 2.27. The zero-order chi connectivity index (χ0) is 13.2. The number of aromatic nitrogens is 1. The molecule has 4 nitrogen and oxygen atoms in total. The Labute approximate surface area is 109 Å². The van der Waals surface area contributed by atoms with Crippen LogP contribution in [0.3, 0.4) is 0 Å². The molecule has 0 radical (unpaired) electrons. The number of carbonyl (C=O) groups excluding carboxylic acids is 1. The van der Waals surface area contributed by atoms with Crippen LogP contribution in [0.25, 0.3) is 0 Å². The normalized spacial score (nSPS) is 16.6. The van der Waals surface area contributed by atoms with E-state index < -0.39 is 5.82 Å². The predicted octanol–water partition coefficient (Wildman–Crippen LogP) is 2.37. The highest BCUT2D eigenvalue weighted by atomic mass is 19.1. The number of halogens is 1. The van der Waals surface area contributed by atoms with Crippen molar-refractivity contribution in [2.75, 3.05) is 17.2 Å². The van der Waals surface area contributed by atoms with Gasteiger partial charge in [-0.05, 0) is 23.8 Å². The van der Waals surface area contributed by atoms with E-state index in [9.17, 15) is 9.18 Å². The number of para-hydroxylation sites is 1. The average Bonchev–Trinajstić information content (AvgIpc) is 2.85. The van der Waals surface area contributed by atoms with Gasteiger partial charge < -0.3 is 10.6 Å². The van der Waals surface area contributed by atoms with Crippen LogP contribution < -0.4 is 10.6 Å². The second-order valence-corrected chi connectivity index (χ2v) is 4.37. The van der Waals surface area contributed by atoms with Crippen molar-refractivity contribution in [1.29, 1.82) is 0 Å². The van der Waals surface area contributed by atoms with Crippen LogP contribution in [-0.2, 0) is 4.79 Å². The van der Waals surface area contributed by atoms with E-state index in [-0.39, 0.29) is 11.8 Å². The molecule has 3 rings (SSSR count). The summed E-state index contributed by atoms with van der Waals surface area (Å²) in [4.78, 5) is 16.0. The highest BCUT2D eigenvalue weighted by Gasteiger charge is 2.28. The number of amides is 1. The van der Waals surface area contributed by atoms with E-state index in [2.05, 4.69) is 15.6 Å². The Kier molecular flexibility index (Phi) is 2.87. The first-order valence-electron chi connectivity index (χ1n) is 5.99. The molecule has 1 aliphatic rings. The molecule has 1 amide bonds. The van der Waals surface area contributed by atoms with Crippen molar-refractivity contribution in [3.63, 3.8) is 0 Å². The van der Waals surface area contributed by atoms with Gasteiger partial charge in [-0.25, -0.2) is 9.37 Å². The lowest BCUT2D eigenvalue weighted by molar-refractivity contribution is -0.117. The number of anilines is 2. The molecule has 1 aliphatic heterocycles. The largest absolute Gasteiger partial charge is 0.384 e. The van der Waals surface area contributed by atoms with Gasteiger partial charge in [0.2, 0.25) is 5.91 Å². The van der Waals surface area contributed by atoms with Crippen LogP contribution in [0.5, 0.6) is 0 Å². The fourth-order valence-electron chi connectivity index (χ4n) is 2.18. The Morgan fingerprint density at radius 2 is 2.16 bits per heavy atom. The molecule has 1 aromatic heterocycles. The van der Waals surface area contributed by atoms with E-state index in [0.717, 1.165) is 17.4 Å². The van der Waals surface area contributed by atoms with Crippen molar-refractivity contribution in [2.24, 2.45) is 0 Å². The molecule has 0 bridgehead atoms. The van der Waals surface area contributed by atoms with Crippen molar-refractivity contribution >= 4 is 17.4 Å². The summed E-state index contributed by atoms with van der Waals surface area (Å²) in [6.45, 7) is 0.562. The minimum atomic E-state index is -0.425. The van der Waals surface area contributed by atoms with Crippen LogP contribution in [0.15, 0.2) is 42.6 Å². The van der Waals surface area contributed by atoms with E-state index in [0.29, 0.717) is 12.4 Å². The molecule has 1 aromatic carbocycles. The number of fused-ring (bicyclic) bond motifs is 1. The van der Waals surface area contributed by atoms with E-state index in [1.807, 2.05) is 24.3 Å². The summed E-state index contributed by atoms with van der Waals surface area (Å²) >= 11 is 0. The first-order chi connectivity index (χ1) is 9.24. The first-order valence-corrected chi connectivity index (χ1v) is 5.99. The molecule has 2 aromatic rings. The number of nitrogens with one attached hydrogen (secondary N) is 2. The molecule has 0 aliphatic carbocycles. The Morgan fingerprint density at radius 3 is 2.95 bits per heavy atom. The summed E-state index contributed by atoms with van der Waals surface area (Å²) in [7, 11) is 0. The van der Waals surface area contributed by atoms with Gasteiger partial charge in [-0.2, -0.15) is 0 Å². The van der Waals surface area contributed by atoms with Gasteiger partial charge in [-0.1, -0.05) is 18.2 Å². The summed E-state index contributed by atoms with van der Waals surface area (Å²) in [6.07, 6.45) is 1.08. The maximum Gasteiger partial charge on any atom is 0.234 e. The van der Waals surface area contributed by atoms with Crippen LogP contribution in [0.1, 0.15) is 11.5 Å².